The first-order valence-corrected chi connectivity index (χ1v) is 8.98. The van der Waals surface area contributed by atoms with Crippen molar-refractivity contribution < 1.29 is 24.3 Å². The number of aryl methyl sites for hydroxylation is 2. The van der Waals surface area contributed by atoms with Crippen LogP contribution in [0.2, 0.25) is 0 Å². The number of phenolic OH excluding ortho intramolecular Hbond substituents is 2. The number of aromatic nitrogens is 2. The monoisotopic (exact) mass is 388 g/mol. The van der Waals surface area contributed by atoms with Gasteiger partial charge in [0.1, 0.15) is 28.6 Å². The summed E-state index contributed by atoms with van der Waals surface area (Å²) in [6.45, 7) is 3.67. The number of para-hydroxylation sites is 1. The molecule has 0 amide bonds. The topological polar surface area (TPSA) is 109 Å². The average Bonchev–Trinajstić information content (AvgIpc) is 3.30. The van der Waals surface area contributed by atoms with Gasteiger partial charge in [0.15, 0.2) is 5.76 Å². The normalized spacial score (nSPS) is 14.6. The third-order valence-electron chi connectivity index (χ3n) is 5.04. The van der Waals surface area contributed by atoms with E-state index in [1.807, 2.05) is 38.1 Å². The summed E-state index contributed by atoms with van der Waals surface area (Å²) in [4.78, 5) is 16.2. The Labute approximate surface area is 164 Å². The summed E-state index contributed by atoms with van der Waals surface area (Å²) in [5.41, 5.74) is 3.96. The summed E-state index contributed by atoms with van der Waals surface area (Å²) in [6, 6.07) is 10.1. The molecule has 144 valence electrons. The van der Waals surface area contributed by atoms with E-state index in [-0.39, 0.29) is 28.6 Å². The van der Waals surface area contributed by atoms with E-state index in [2.05, 4.69) is 10.1 Å². The van der Waals surface area contributed by atoms with E-state index in [0.29, 0.717) is 5.76 Å². The quantitative estimate of drug-likeness (QED) is 0.437. The van der Waals surface area contributed by atoms with Crippen molar-refractivity contribution in [3.63, 3.8) is 0 Å². The van der Waals surface area contributed by atoms with Crippen LogP contribution in [0.3, 0.4) is 0 Å². The first-order chi connectivity index (χ1) is 13.9. The Morgan fingerprint density at radius 3 is 2.66 bits per heavy atom. The standard InChI is InChI=1S/C22H16N2O5/c1-10-19(11(2)29-24-10)21-14(13-5-3-4-6-15(13)23-21)9-18-22(27)20-16(26)7-12(25)8-17(20)28-18/h3-9,23,25-26H,1-2H3/b18-9-. The highest BCUT2D eigenvalue weighted by molar-refractivity contribution is 6.17. The zero-order valence-electron chi connectivity index (χ0n) is 15.6. The molecule has 2 aromatic carbocycles. The number of nitrogens with zero attached hydrogens (tertiary/aromatic N) is 1. The lowest BCUT2D eigenvalue weighted by molar-refractivity contribution is 0.101. The molecule has 7 heteroatoms. The number of H-pyrrole nitrogens is 1. The fourth-order valence-electron chi connectivity index (χ4n) is 3.76. The first-order valence-electron chi connectivity index (χ1n) is 8.98. The summed E-state index contributed by atoms with van der Waals surface area (Å²) < 4.78 is 11.0. The van der Waals surface area contributed by atoms with Gasteiger partial charge in [-0.25, -0.2) is 0 Å². The molecule has 0 bridgehead atoms. The number of fused-ring (bicyclic) bond motifs is 2. The lowest BCUT2D eigenvalue weighted by Gasteiger charge is -2.02. The second-order valence-corrected chi connectivity index (χ2v) is 6.94. The number of carbonyl (C=O) groups is 1. The van der Waals surface area contributed by atoms with E-state index in [1.54, 1.807) is 6.08 Å². The van der Waals surface area contributed by atoms with Crippen molar-refractivity contribution >= 4 is 22.8 Å². The van der Waals surface area contributed by atoms with Gasteiger partial charge >= 0.3 is 0 Å². The molecule has 0 spiro atoms. The zero-order valence-corrected chi connectivity index (χ0v) is 15.6. The van der Waals surface area contributed by atoms with Crippen molar-refractivity contribution in [1.82, 2.24) is 10.1 Å². The summed E-state index contributed by atoms with van der Waals surface area (Å²) >= 11 is 0. The van der Waals surface area contributed by atoms with Gasteiger partial charge in [-0.3, -0.25) is 4.79 Å². The zero-order chi connectivity index (χ0) is 20.3. The van der Waals surface area contributed by atoms with Crippen LogP contribution in [0.1, 0.15) is 27.4 Å². The minimum atomic E-state index is -0.451. The Morgan fingerprint density at radius 2 is 1.90 bits per heavy atom. The SMILES string of the molecule is Cc1noc(C)c1-c1[nH]c2ccccc2c1/C=C1\Oc2cc(O)cc(O)c2C1=O. The number of nitrogens with one attached hydrogen (secondary N) is 1. The smallest absolute Gasteiger partial charge is 0.235 e. The van der Waals surface area contributed by atoms with E-state index < -0.39 is 5.78 Å². The van der Waals surface area contributed by atoms with Gasteiger partial charge in [-0.05, 0) is 26.0 Å². The molecule has 0 fully saturated rings. The minimum absolute atomic E-state index is 0.0350. The molecular weight excluding hydrogens is 372 g/mol. The number of hydrogen-bond donors (Lipinski definition) is 3. The number of allylic oxidation sites excluding steroid dienone is 1. The van der Waals surface area contributed by atoms with Crippen LogP contribution in [0.4, 0.5) is 0 Å². The molecule has 29 heavy (non-hydrogen) atoms. The van der Waals surface area contributed by atoms with Gasteiger partial charge in [-0.1, -0.05) is 23.4 Å². The molecule has 3 heterocycles. The highest BCUT2D eigenvalue weighted by Crippen LogP contribution is 2.42. The maximum atomic E-state index is 12.8. The van der Waals surface area contributed by atoms with Gasteiger partial charge < -0.3 is 24.5 Å². The van der Waals surface area contributed by atoms with Gasteiger partial charge in [0, 0.05) is 28.6 Å². The number of ketones is 1. The molecule has 2 aromatic heterocycles. The molecule has 5 rings (SSSR count). The number of aromatic amines is 1. The predicted molar refractivity (Wildman–Crippen MR) is 106 cm³/mol. The van der Waals surface area contributed by atoms with E-state index in [9.17, 15) is 15.0 Å². The molecule has 0 saturated carbocycles. The van der Waals surface area contributed by atoms with Crippen molar-refractivity contribution in [2.75, 3.05) is 0 Å². The van der Waals surface area contributed by atoms with E-state index in [0.717, 1.165) is 39.5 Å². The van der Waals surface area contributed by atoms with Crippen LogP contribution in [0, 0.1) is 13.8 Å². The van der Waals surface area contributed by atoms with Crippen molar-refractivity contribution in [2.45, 2.75) is 13.8 Å². The number of carbonyl (C=O) groups excluding carboxylic acids is 1. The van der Waals surface area contributed by atoms with Gasteiger partial charge in [-0.15, -0.1) is 0 Å². The van der Waals surface area contributed by atoms with E-state index in [4.69, 9.17) is 9.26 Å². The summed E-state index contributed by atoms with van der Waals surface area (Å²) in [5, 5.41) is 24.7. The predicted octanol–water partition coefficient (Wildman–Crippen LogP) is 4.47. The Kier molecular flexibility index (Phi) is 3.54. The van der Waals surface area contributed by atoms with Gasteiger partial charge in [0.05, 0.1) is 17.0 Å². The van der Waals surface area contributed by atoms with Gasteiger partial charge in [0.2, 0.25) is 5.78 Å². The molecule has 4 aromatic rings. The number of rotatable bonds is 2. The second-order valence-electron chi connectivity index (χ2n) is 6.94. The summed E-state index contributed by atoms with van der Waals surface area (Å²) in [7, 11) is 0. The number of hydrogen-bond acceptors (Lipinski definition) is 6. The maximum Gasteiger partial charge on any atom is 0.235 e. The lowest BCUT2D eigenvalue weighted by atomic mass is 10.0. The van der Waals surface area contributed by atoms with Crippen molar-refractivity contribution in [1.29, 1.82) is 0 Å². The van der Waals surface area contributed by atoms with Gasteiger partial charge in [0.25, 0.3) is 0 Å². The van der Waals surface area contributed by atoms with Crippen LogP contribution in [0.15, 0.2) is 46.7 Å². The highest BCUT2D eigenvalue weighted by Gasteiger charge is 2.32. The second kappa shape index (κ2) is 6.00. The van der Waals surface area contributed by atoms with Crippen LogP contribution in [-0.2, 0) is 0 Å². The third-order valence-corrected chi connectivity index (χ3v) is 5.04. The Balaban J connectivity index is 1.73. The Hall–Kier alpha value is -4.00. The number of aromatic hydroxyl groups is 2. The average molecular weight is 388 g/mol. The van der Waals surface area contributed by atoms with Gasteiger partial charge in [-0.2, -0.15) is 0 Å². The van der Waals surface area contributed by atoms with Crippen LogP contribution in [0.25, 0.3) is 28.2 Å². The summed E-state index contributed by atoms with van der Waals surface area (Å²) in [6.07, 6.45) is 1.64. The molecule has 7 nitrogen and oxygen atoms in total. The molecule has 1 aliphatic rings. The largest absolute Gasteiger partial charge is 0.508 e. The first kappa shape index (κ1) is 17.1. The molecule has 0 radical (unpaired) electrons. The molecule has 0 unspecified atom stereocenters. The molecule has 3 N–H and O–H groups in total. The van der Waals surface area contributed by atoms with E-state index in [1.165, 1.54) is 6.07 Å². The van der Waals surface area contributed by atoms with Crippen molar-refractivity contribution in [3.8, 4) is 28.5 Å². The van der Waals surface area contributed by atoms with Crippen molar-refractivity contribution in [3.05, 3.63) is 64.7 Å². The Morgan fingerprint density at radius 1 is 1.10 bits per heavy atom. The maximum absolute atomic E-state index is 12.8. The number of phenols is 2. The highest BCUT2D eigenvalue weighted by atomic mass is 16.5. The minimum Gasteiger partial charge on any atom is -0.508 e. The van der Waals surface area contributed by atoms with Crippen LogP contribution >= 0.6 is 0 Å². The molecule has 0 atom stereocenters. The van der Waals surface area contributed by atoms with E-state index >= 15 is 0 Å². The number of Topliss-reactive ketones (excluding diaryl/α,β-unsaturated/α-hetero) is 1. The van der Waals surface area contributed by atoms with Crippen LogP contribution in [-0.4, -0.2) is 26.1 Å². The Bertz CT molecular complexity index is 1320. The molecular formula is C22H16N2O5. The molecule has 0 saturated heterocycles. The fourth-order valence-corrected chi connectivity index (χ4v) is 3.76. The van der Waals surface area contributed by atoms with Crippen LogP contribution in [0.5, 0.6) is 17.2 Å². The molecule has 1 aliphatic heterocycles. The fraction of sp³-hybridized carbons (Fsp3) is 0.0909. The van der Waals surface area contributed by atoms with Crippen LogP contribution < -0.4 is 4.74 Å². The summed E-state index contributed by atoms with van der Waals surface area (Å²) in [5.74, 6) is -0.126. The molecule has 0 aliphatic carbocycles. The number of ether oxygens (including phenoxy) is 1. The third kappa shape index (κ3) is 2.51. The lowest BCUT2D eigenvalue weighted by Crippen LogP contribution is -1.99. The van der Waals surface area contributed by atoms with Crippen molar-refractivity contribution in [2.24, 2.45) is 0 Å². The number of benzene rings is 2.